The smallest absolute Gasteiger partial charge is 0.293 e. The van der Waals surface area contributed by atoms with Gasteiger partial charge in [-0.25, -0.2) is 0 Å². The molecule has 1 aromatic heterocycles. The van der Waals surface area contributed by atoms with Crippen LogP contribution in [0.15, 0.2) is 54.6 Å². The Hall–Kier alpha value is -4.20. The molecule has 0 aliphatic rings. The minimum atomic E-state index is -0.390. The van der Waals surface area contributed by atoms with Crippen molar-refractivity contribution < 1.29 is 19.2 Å². The molecule has 0 aliphatic heterocycles. The van der Waals surface area contributed by atoms with Gasteiger partial charge in [-0.15, -0.1) is 0 Å². The molecule has 0 spiro atoms. The summed E-state index contributed by atoms with van der Waals surface area (Å²) in [5.41, 5.74) is 4.66. The minimum Gasteiger partial charge on any atom is -0.490 e. The Labute approximate surface area is 190 Å². The lowest BCUT2D eigenvalue weighted by Crippen LogP contribution is -2.07. The Balaban J connectivity index is 1.71. The quantitative estimate of drug-likeness (QED) is 0.128. The van der Waals surface area contributed by atoms with Gasteiger partial charge in [-0.05, 0) is 55.8 Å². The van der Waals surface area contributed by atoms with Crippen LogP contribution in [0.5, 0.6) is 5.75 Å². The molecule has 4 aromatic rings. The number of aryl methyl sites for hydroxylation is 2. The Morgan fingerprint density at radius 3 is 2.45 bits per heavy atom. The maximum Gasteiger partial charge on any atom is 0.293 e. The Morgan fingerprint density at radius 1 is 1.06 bits per heavy atom. The number of fused-ring (bicyclic) bond motifs is 3. The van der Waals surface area contributed by atoms with E-state index in [9.17, 15) is 14.9 Å². The second kappa shape index (κ2) is 9.12. The number of ether oxygens (including phenoxy) is 2. The number of nitrogens with zero attached hydrogens (tertiary/aromatic N) is 2. The van der Waals surface area contributed by atoms with E-state index in [1.54, 1.807) is 18.2 Å². The highest BCUT2D eigenvalue weighted by atomic mass is 16.6. The highest BCUT2D eigenvalue weighted by molar-refractivity contribution is 6.16. The number of nitrogens with one attached hydrogen (secondary N) is 1. The number of rotatable bonds is 9. The third-order valence-electron chi connectivity index (χ3n) is 5.67. The third-order valence-corrected chi connectivity index (χ3v) is 5.67. The molecule has 0 fully saturated rings. The average Bonchev–Trinajstić information content (AvgIpc) is 3.13. The van der Waals surface area contributed by atoms with Gasteiger partial charge in [0.25, 0.3) is 12.2 Å². The van der Waals surface area contributed by atoms with Gasteiger partial charge in [0.15, 0.2) is 0 Å². The maximum atomic E-state index is 11.3. The molecule has 0 amide bonds. The Morgan fingerprint density at radius 2 is 1.79 bits per heavy atom. The molecule has 0 saturated carbocycles. The van der Waals surface area contributed by atoms with E-state index in [1.807, 2.05) is 44.2 Å². The molecule has 4 rings (SSSR count). The fraction of sp³-hybridized carbons (Fsp3) is 0.200. The van der Waals surface area contributed by atoms with Gasteiger partial charge in [0.2, 0.25) is 0 Å². The fourth-order valence-corrected chi connectivity index (χ4v) is 4.12. The maximum absolute atomic E-state index is 11.3. The monoisotopic (exact) mass is 445 g/mol. The second-order valence-electron chi connectivity index (χ2n) is 7.60. The predicted octanol–water partition coefficient (Wildman–Crippen LogP) is 5.00. The second-order valence-corrected chi connectivity index (χ2v) is 7.60. The highest BCUT2D eigenvalue weighted by Crippen LogP contribution is 2.33. The summed E-state index contributed by atoms with van der Waals surface area (Å²) in [6.45, 7) is 5.47. The molecule has 1 heterocycles. The summed E-state index contributed by atoms with van der Waals surface area (Å²) in [7, 11) is 0. The number of benzene rings is 3. The van der Waals surface area contributed by atoms with Crippen LogP contribution in [-0.4, -0.2) is 34.9 Å². The molecular formula is C25H23N3O5. The molecule has 8 nitrogen and oxygen atoms in total. The molecule has 8 heteroatoms. The van der Waals surface area contributed by atoms with Crippen LogP contribution in [0, 0.1) is 22.4 Å². The largest absolute Gasteiger partial charge is 0.490 e. The number of nitro groups is 1. The van der Waals surface area contributed by atoms with E-state index >= 15 is 0 Å². The van der Waals surface area contributed by atoms with Gasteiger partial charge in [0.1, 0.15) is 19.0 Å². The number of carbonyl (C=O) groups is 1. The molecule has 0 bridgehead atoms. The standard InChI is InChI=1S/C25H23N3O5/c1-3-27-23-8-4-17(13-21(23)22-14-18(28(30)31)5-9-24(22)27)25(26)20-7-6-19(12-16(20)2)33-11-10-32-15-29/h4-9,12-15,26H,3,10-11H2,1-2H3. The molecule has 0 aliphatic carbocycles. The zero-order valence-electron chi connectivity index (χ0n) is 18.3. The van der Waals surface area contributed by atoms with Crippen LogP contribution < -0.4 is 4.74 Å². The Bertz CT molecular complexity index is 1390. The van der Waals surface area contributed by atoms with Gasteiger partial charge >= 0.3 is 0 Å². The van der Waals surface area contributed by atoms with Gasteiger partial charge in [0.05, 0.1) is 10.6 Å². The van der Waals surface area contributed by atoms with Crippen LogP contribution in [0.1, 0.15) is 23.6 Å². The molecule has 0 atom stereocenters. The van der Waals surface area contributed by atoms with Gasteiger partial charge in [-0.1, -0.05) is 6.07 Å². The average molecular weight is 445 g/mol. The molecule has 0 saturated heterocycles. The first-order chi connectivity index (χ1) is 15.9. The van der Waals surface area contributed by atoms with Crippen molar-refractivity contribution in [1.29, 1.82) is 5.41 Å². The number of aromatic nitrogens is 1. The van der Waals surface area contributed by atoms with Crippen LogP contribution in [-0.2, 0) is 16.1 Å². The molecule has 3 aromatic carbocycles. The summed E-state index contributed by atoms with van der Waals surface area (Å²) in [6, 6.07) is 16.2. The number of nitro benzene ring substituents is 1. The first-order valence-corrected chi connectivity index (χ1v) is 10.5. The molecule has 33 heavy (non-hydrogen) atoms. The van der Waals surface area contributed by atoms with Crippen LogP contribution in [0.2, 0.25) is 0 Å². The predicted molar refractivity (Wildman–Crippen MR) is 126 cm³/mol. The van der Waals surface area contributed by atoms with E-state index in [1.165, 1.54) is 6.07 Å². The zero-order valence-corrected chi connectivity index (χ0v) is 18.3. The zero-order chi connectivity index (χ0) is 23.5. The van der Waals surface area contributed by atoms with Crippen molar-refractivity contribution in [2.75, 3.05) is 13.2 Å². The van der Waals surface area contributed by atoms with Crippen molar-refractivity contribution in [3.8, 4) is 5.75 Å². The number of hydrogen-bond acceptors (Lipinski definition) is 6. The molecule has 0 unspecified atom stereocenters. The van der Waals surface area contributed by atoms with E-state index in [0.717, 1.165) is 45.0 Å². The summed E-state index contributed by atoms with van der Waals surface area (Å²) >= 11 is 0. The highest BCUT2D eigenvalue weighted by Gasteiger charge is 2.16. The van der Waals surface area contributed by atoms with Gasteiger partial charge in [-0.3, -0.25) is 20.3 Å². The first kappa shape index (κ1) is 22.0. The summed E-state index contributed by atoms with van der Waals surface area (Å²) in [4.78, 5) is 21.1. The molecular weight excluding hydrogens is 422 g/mol. The van der Waals surface area contributed by atoms with Crippen LogP contribution in [0.4, 0.5) is 5.69 Å². The topological polar surface area (TPSA) is 107 Å². The van der Waals surface area contributed by atoms with Gasteiger partial charge in [0, 0.05) is 51.6 Å². The van der Waals surface area contributed by atoms with E-state index in [0.29, 0.717) is 17.9 Å². The number of hydrogen-bond donors (Lipinski definition) is 1. The van der Waals surface area contributed by atoms with Crippen LogP contribution >= 0.6 is 0 Å². The van der Waals surface area contributed by atoms with Crippen molar-refractivity contribution in [3.63, 3.8) is 0 Å². The normalized spacial score (nSPS) is 11.0. The van der Waals surface area contributed by atoms with Crippen molar-refractivity contribution in [3.05, 3.63) is 81.4 Å². The summed E-state index contributed by atoms with van der Waals surface area (Å²) in [6.07, 6.45) is 0. The lowest BCUT2D eigenvalue weighted by molar-refractivity contribution is -0.384. The molecule has 1 N–H and O–H groups in total. The third kappa shape index (κ3) is 4.15. The van der Waals surface area contributed by atoms with Crippen molar-refractivity contribution in [1.82, 2.24) is 4.57 Å². The number of carbonyl (C=O) groups excluding carboxylic acids is 1. The van der Waals surface area contributed by atoms with Crippen molar-refractivity contribution >= 4 is 39.7 Å². The summed E-state index contributed by atoms with van der Waals surface area (Å²) < 4.78 is 12.3. The molecule has 0 radical (unpaired) electrons. The first-order valence-electron chi connectivity index (χ1n) is 10.5. The van der Waals surface area contributed by atoms with E-state index < -0.39 is 4.92 Å². The molecule has 168 valence electrons. The minimum absolute atomic E-state index is 0.0445. The lowest BCUT2D eigenvalue weighted by atomic mass is 9.97. The SMILES string of the molecule is CCn1c2ccc(C(=N)c3ccc(OCCOC=O)cc3C)cc2c2cc([N+](=O)[O-])ccc21. The van der Waals surface area contributed by atoms with E-state index in [-0.39, 0.29) is 18.9 Å². The van der Waals surface area contributed by atoms with Crippen molar-refractivity contribution in [2.24, 2.45) is 0 Å². The van der Waals surface area contributed by atoms with Crippen LogP contribution in [0.3, 0.4) is 0 Å². The summed E-state index contributed by atoms with van der Waals surface area (Å²) in [5.74, 6) is 0.632. The Kier molecular flexibility index (Phi) is 6.08. The van der Waals surface area contributed by atoms with E-state index in [2.05, 4.69) is 9.30 Å². The van der Waals surface area contributed by atoms with Gasteiger partial charge < -0.3 is 14.0 Å². The summed E-state index contributed by atoms with van der Waals surface area (Å²) in [5, 5.41) is 21.8. The lowest BCUT2D eigenvalue weighted by Gasteiger charge is -2.12. The van der Waals surface area contributed by atoms with Crippen LogP contribution in [0.25, 0.3) is 21.8 Å². The van der Waals surface area contributed by atoms with E-state index in [4.69, 9.17) is 10.1 Å². The van der Waals surface area contributed by atoms with Crippen molar-refractivity contribution in [2.45, 2.75) is 20.4 Å². The fourth-order valence-electron chi connectivity index (χ4n) is 4.12. The van der Waals surface area contributed by atoms with Gasteiger partial charge in [-0.2, -0.15) is 0 Å². The number of non-ortho nitro benzene ring substituents is 1.